The first-order valence-corrected chi connectivity index (χ1v) is 7.58. The highest BCUT2D eigenvalue weighted by atomic mass is 15.3. The summed E-state index contributed by atoms with van der Waals surface area (Å²) < 4.78 is 0. The number of rotatable bonds is 1. The van der Waals surface area contributed by atoms with Crippen molar-refractivity contribution in [3.05, 3.63) is 0 Å². The van der Waals surface area contributed by atoms with E-state index in [1.807, 2.05) is 0 Å². The fourth-order valence-electron chi connectivity index (χ4n) is 4.49. The summed E-state index contributed by atoms with van der Waals surface area (Å²) in [6.07, 6.45) is 5.21. The molecule has 0 amide bonds. The van der Waals surface area contributed by atoms with E-state index in [1.54, 1.807) is 0 Å². The van der Waals surface area contributed by atoms with Gasteiger partial charge in [-0.15, -0.1) is 0 Å². The highest BCUT2D eigenvalue weighted by molar-refractivity contribution is 5.78. The smallest absolute Gasteiger partial charge is 0.191 e. The van der Waals surface area contributed by atoms with E-state index in [2.05, 4.69) is 25.7 Å². The van der Waals surface area contributed by atoms with Gasteiger partial charge in [-0.25, -0.2) is 4.99 Å². The number of likely N-dealkylation sites (tertiary alicyclic amines) is 1. The van der Waals surface area contributed by atoms with Crippen LogP contribution in [0.4, 0.5) is 0 Å². The fraction of sp³-hybridized carbons (Fsp3) is 0.933. The van der Waals surface area contributed by atoms with Crippen molar-refractivity contribution < 1.29 is 0 Å². The lowest BCUT2D eigenvalue weighted by Gasteiger charge is -2.61. The second-order valence-corrected chi connectivity index (χ2v) is 7.20. The van der Waals surface area contributed by atoms with Crippen molar-refractivity contribution in [1.82, 2.24) is 4.90 Å². The van der Waals surface area contributed by atoms with Crippen molar-refractivity contribution in [3.8, 4) is 0 Å². The molecule has 102 valence electrons. The van der Waals surface area contributed by atoms with E-state index >= 15 is 0 Å². The Bertz CT molecular complexity index is 355. The van der Waals surface area contributed by atoms with Gasteiger partial charge in [0, 0.05) is 13.1 Å². The van der Waals surface area contributed by atoms with E-state index in [0.717, 1.165) is 30.9 Å². The highest BCUT2D eigenvalue weighted by Crippen LogP contribution is 2.61. The molecule has 3 saturated carbocycles. The first-order chi connectivity index (χ1) is 8.50. The minimum Gasteiger partial charge on any atom is -0.370 e. The molecule has 0 radical (unpaired) electrons. The number of nitrogens with two attached hydrogens (primary N) is 1. The van der Waals surface area contributed by atoms with Crippen molar-refractivity contribution in [2.24, 2.45) is 33.9 Å². The van der Waals surface area contributed by atoms with Gasteiger partial charge in [0.15, 0.2) is 5.96 Å². The molecule has 2 bridgehead atoms. The number of hydrogen-bond donors (Lipinski definition) is 1. The van der Waals surface area contributed by atoms with Crippen LogP contribution in [0.5, 0.6) is 0 Å². The van der Waals surface area contributed by atoms with Gasteiger partial charge in [0.1, 0.15) is 0 Å². The Labute approximate surface area is 111 Å². The van der Waals surface area contributed by atoms with Gasteiger partial charge in [0.25, 0.3) is 0 Å². The monoisotopic (exact) mass is 249 g/mol. The Kier molecular flexibility index (Phi) is 2.83. The van der Waals surface area contributed by atoms with Crippen LogP contribution in [0.1, 0.15) is 46.5 Å². The van der Waals surface area contributed by atoms with Crippen molar-refractivity contribution in [2.75, 3.05) is 13.1 Å². The van der Waals surface area contributed by atoms with Gasteiger partial charge in [-0.1, -0.05) is 20.8 Å². The quantitative estimate of drug-likeness (QED) is 0.573. The molecule has 1 heterocycles. The van der Waals surface area contributed by atoms with Gasteiger partial charge in [-0.05, 0) is 48.9 Å². The summed E-state index contributed by atoms with van der Waals surface area (Å²) in [4.78, 5) is 7.13. The second kappa shape index (κ2) is 4.14. The lowest BCUT2D eigenvalue weighted by molar-refractivity contribution is -0.108. The molecule has 18 heavy (non-hydrogen) atoms. The molecule has 3 nitrogen and oxygen atoms in total. The van der Waals surface area contributed by atoms with Crippen molar-refractivity contribution in [3.63, 3.8) is 0 Å². The van der Waals surface area contributed by atoms with Crippen molar-refractivity contribution in [1.29, 1.82) is 0 Å². The van der Waals surface area contributed by atoms with Crippen LogP contribution >= 0.6 is 0 Å². The average molecular weight is 249 g/mol. The minimum absolute atomic E-state index is 0.474. The normalized spacial score (nSPS) is 42.8. The maximum atomic E-state index is 6.18. The van der Waals surface area contributed by atoms with Gasteiger partial charge in [-0.3, -0.25) is 0 Å². The zero-order valence-electron chi connectivity index (χ0n) is 12.0. The molecule has 0 aromatic rings. The number of aliphatic imine (C=N–C) groups is 1. The highest BCUT2D eigenvalue weighted by Gasteiger charge is 2.56. The molecule has 0 aromatic carbocycles. The van der Waals surface area contributed by atoms with E-state index in [1.165, 1.54) is 25.7 Å². The predicted octanol–water partition coefficient (Wildman–Crippen LogP) is 2.47. The van der Waals surface area contributed by atoms with Crippen LogP contribution in [0.25, 0.3) is 0 Å². The largest absolute Gasteiger partial charge is 0.370 e. The molecule has 1 aliphatic heterocycles. The van der Waals surface area contributed by atoms with Crippen LogP contribution in [-0.2, 0) is 0 Å². The summed E-state index contributed by atoms with van der Waals surface area (Å²) in [7, 11) is 0. The Morgan fingerprint density at radius 3 is 2.44 bits per heavy atom. The van der Waals surface area contributed by atoms with E-state index in [4.69, 9.17) is 10.7 Å². The van der Waals surface area contributed by atoms with Gasteiger partial charge in [-0.2, -0.15) is 0 Å². The first-order valence-electron chi connectivity index (χ1n) is 7.58. The predicted molar refractivity (Wildman–Crippen MR) is 75.4 cm³/mol. The number of hydrogen-bond acceptors (Lipinski definition) is 1. The topological polar surface area (TPSA) is 41.6 Å². The van der Waals surface area contributed by atoms with Gasteiger partial charge >= 0.3 is 0 Å². The Hall–Kier alpha value is -0.730. The molecule has 1 saturated heterocycles. The molecule has 0 unspecified atom stereocenters. The molecule has 4 atom stereocenters. The molecule has 0 spiro atoms. The second-order valence-electron chi connectivity index (χ2n) is 7.20. The summed E-state index contributed by atoms with van der Waals surface area (Å²) >= 11 is 0. The Morgan fingerprint density at radius 2 is 1.89 bits per heavy atom. The summed E-state index contributed by atoms with van der Waals surface area (Å²) in [5, 5.41) is 0. The molecule has 4 rings (SSSR count). The SMILES string of the molecule is C[C@@H]1[C@@H](N=C(N)N2CCCC2)C[C@@H]2C[C@H]1C2(C)C. The maximum absolute atomic E-state index is 6.18. The Morgan fingerprint density at radius 1 is 1.22 bits per heavy atom. The van der Waals surface area contributed by atoms with E-state index in [0.29, 0.717) is 17.4 Å². The average Bonchev–Trinajstić information content (AvgIpc) is 2.84. The molecule has 4 aliphatic rings. The third-order valence-corrected chi connectivity index (χ3v) is 6.04. The zero-order chi connectivity index (χ0) is 12.9. The molecule has 3 heteroatoms. The number of guanidine groups is 1. The summed E-state index contributed by atoms with van der Waals surface area (Å²) in [5.74, 6) is 3.24. The van der Waals surface area contributed by atoms with Crippen LogP contribution in [0.2, 0.25) is 0 Å². The lowest BCUT2D eigenvalue weighted by Crippen LogP contribution is -2.56. The van der Waals surface area contributed by atoms with E-state index < -0.39 is 0 Å². The molecular formula is C15H27N3. The van der Waals surface area contributed by atoms with E-state index in [-0.39, 0.29) is 0 Å². The lowest BCUT2D eigenvalue weighted by atomic mass is 9.45. The van der Waals surface area contributed by atoms with Crippen molar-refractivity contribution >= 4 is 5.96 Å². The summed E-state index contributed by atoms with van der Waals surface area (Å²) in [6, 6.07) is 0.474. The van der Waals surface area contributed by atoms with Gasteiger partial charge in [0.05, 0.1) is 6.04 Å². The number of fused-ring (bicyclic) bond motifs is 2. The van der Waals surface area contributed by atoms with E-state index in [9.17, 15) is 0 Å². The van der Waals surface area contributed by atoms with Gasteiger partial charge in [0.2, 0.25) is 0 Å². The van der Waals surface area contributed by atoms with Crippen molar-refractivity contribution in [2.45, 2.75) is 52.5 Å². The van der Waals surface area contributed by atoms with Crippen LogP contribution in [-0.4, -0.2) is 30.0 Å². The third-order valence-electron chi connectivity index (χ3n) is 6.04. The van der Waals surface area contributed by atoms with Crippen LogP contribution in [0, 0.1) is 23.2 Å². The Balaban J connectivity index is 1.69. The zero-order valence-corrected chi connectivity index (χ0v) is 12.0. The molecule has 3 aliphatic carbocycles. The maximum Gasteiger partial charge on any atom is 0.191 e. The summed E-state index contributed by atoms with van der Waals surface area (Å²) in [6.45, 7) is 9.47. The molecule has 2 N–H and O–H groups in total. The van der Waals surface area contributed by atoms with Crippen LogP contribution in [0.3, 0.4) is 0 Å². The standard InChI is InChI=1S/C15H27N3/c1-10-12-8-11(15(12,2)3)9-13(10)17-14(16)18-6-4-5-7-18/h10-13H,4-9H2,1-3H3,(H2,16,17)/t10-,11-,12+,13-/m0/s1. The van der Waals surface area contributed by atoms with Crippen LogP contribution in [0.15, 0.2) is 4.99 Å². The summed E-state index contributed by atoms with van der Waals surface area (Å²) in [5.41, 5.74) is 6.73. The van der Waals surface area contributed by atoms with Crippen LogP contribution < -0.4 is 5.73 Å². The number of nitrogens with zero attached hydrogens (tertiary/aromatic N) is 2. The molecule has 4 fully saturated rings. The minimum atomic E-state index is 0.474. The molecular weight excluding hydrogens is 222 g/mol. The fourth-order valence-corrected chi connectivity index (χ4v) is 4.49. The first kappa shape index (κ1) is 12.3. The molecule has 0 aromatic heterocycles. The third kappa shape index (κ3) is 1.74. The van der Waals surface area contributed by atoms with Gasteiger partial charge < -0.3 is 10.6 Å².